The van der Waals surface area contributed by atoms with E-state index in [1.165, 1.54) is 4.70 Å². The molecule has 0 spiro atoms. The first-order valence-corrected chi connectivity index (χ1v) is 9.45. The van der Waals surface area contributed by atoms with Gasteiger partial charge in [-0.2, -0.15) is 0 Å². The molecule has 1 fully saturated rings. The Labute approximate surface area is 150 Å². The van der Waals surface area contributed by atoms with Gasteiger partial charge >= 0.3 is 0 Å². The Hall–Kier alpha value is -2.47. The van der Waals surface area contributed by atoms with E-state index in [0.717, 1.165) is 48.9 Å². The summed E-state index contributed by atoms with van der Waals surface area (Å²) in [5, 5.41) is 1.05. The first-order valence-electron chi connectivity index (χ1n) is 8.63. The standard InChI is InChI=1S/C19H20N4OS/c24-19(9-8-18-21-15-5-1-2-6-16(15)25-18)23-13-11-22(12-14-23)17-7-3-4-10-20-17/h1-7,10H,8-9,11-14H2/p+1. The summed E-state index contributed by atoms with van der Waals surface area (Å²) < 4.78 is 1.19. The maximum atomic E-state index is 12.5. The van der Waals surface area contributed by atoms with Crippen LogP contribution in [0.3, 0.4) is 0 Å². The van der Waals surface area contributed by atoms with Gasteiger partial charge in [-0.05, 0) is 18.2 Å². The van der Waals surface area contributed by atoms with Crippen molar-refractivity contribution >= 4 is 33.3 Å². The van der Waals surface area contributed by atoms with Gasteiger partial charge in [0.2, 0.25) is 5.91 Å². The molecule has 1 amide bonds. The molecular weight excluding hydrogens is 332 g/mol. The van der Waals surface area contributed by atoms with Crippen LogP contribution in [0, 0.1) is 0 Å². The predicted molar refractivity (Wildman–Crippen MR) is 99.7 cm³/mol. The van der Waals surface area contributed by atoms with Gasteiger partial charge in [-0.3, -0.25) is 9.69 Å². The molecule has 0 saturated carbocycles. The van der Waals surface area contributed by atoms with E-state index in [1.807, 2.05) is 41.4 Å². The van der Waals surface area contributed by atoms with Crippen LogP contribution >= 0.6 is 11.3 Å². The molecule has 0 unspecified atom stereocenters. The fourth-order valence-corrected chi connectivity index (χ4v) is 4.14. The zero-order chi connectivity index (χ0) is 17.1. The molecule has 1 aromatic carbocycles. The second-order valence-electron chi connectivity index (χ2n) is 6.19. The second kappa shape index (κ2) is 7.19. The highest BCUT2D eigenvalue weighted by molar-refractivity contribution is 7.18. The maximum absolute atomic E-state index is 12.5. The van der Waals surface area contributed by atoms with Crippen molar-refractivity contribution < 1.29 is 9.78 Å². The Morgan fingerprint density at radius 3 is 2.64 bits per heavy atom. The van der Waals surface area contributed by atoms with Crippen LogP contribution in [0.25, 0.3) is 10.2 Å². The van der Waals surface area contributed by atoms with E-state index < -0.39 is 0 Å². The number of carbonyl (C=O) groups excluding carboxylic acids is 1. The molecule has 25 heavy (non-hydrogen) atoms. The van der Waals surface area contributed by atoms with Gasteiger partial charge in [0.25, 0.3) is 5.82 Å². The number of fused-ring (bicyclic) bond motifs is 1. The summed E-state index contributed by atoms with van der Waals surface area (Å²) in [6, 6.07) is 14.2. The monoisotopic (exact) mass is 353 g/mol. The molecule has 1 aliphatic rings. The van der Waals surface area contributed by atoms with Crippen molar-refractivity contribution in [2.24, 2.45) is 0 Å². The van der Waals surface area contributed by atoms with Crippen LogP contribution in [0.15, 0.2) is 48.7 Å². The largest absolute Gasteiger partial charge is 0.335 e. The number of hydrogen-bond donors (Lipinski definition) is 0. The predicted octanol–water partition coefficient (Wildman–Crippen LogP) is 2.39. The quantitative estimate of drug-likeness (QED) is 0.724. The Balaban J connectivity index is 1.30. The molecule has 1 saturated heterocycles. The molecule has 3 aromatic rings. The summed E-state index contributed by atoms with van der Waals surface area (Å²) >= 11 is 1.69. The van der Waals surface area contributed by atoms with E-state index in [2.05, 4.69) is 27.0 Å². The number of nitrogens with zero attached hydrogens (tertiary/aromatic N) is 3. The topological polar surface area (TPSA) is 50.6 Å². The Morgan fingerprint density at radius 1 is 1.08 bits per heavy atom. The molecule has 3 heterocycles. The molecule has 1 N–H and O–H groups in total. The number of aromatic amines is 1. The van der Waals surface area contributed by atoms with E-state index in [0.29, 0.717) is 6.42 Å². The smallest absolute Gasteiger partial charge is 0.274 e. The van der Waals surface area contributed by atoms with Crippen molar-refractivity contribution in [2.75, 3.05) is 31.1 Å². The molecule has 0 atom stereocenters. The number of thiazole rings is 1. The number of aromatic nitrogens is 2. The van der Waals surface area contributed by atoms with Gasteiger partial charge < -0.3 is 4.90 Å². The average molecular weight is 353 g/mol. The molecule has 0 bridgehead atoms. The van der Waals surface area contributed by atoms with Crippen LogP contribution in [-0.4, -0.2) is 42.0 Å². The molecular formula is C19H21N4OS+. The number of piperazine rings is 1. The Kier molecular flexibility index (Phi) is 4.61. The van der Waals surface area contributed by atoms with Gasteiger partial charge in [0, 0.05) is 18.9 Å². The minimum absolute atomic E-state index is 0.232. The summed E-state index contributed by atoms with van der Waals surface area (Å²) in [4.78, 5) is 24.6. The third-order valence-corrected chi connectivity index (χ3v) is 5.65. The van der Waals surface area contributed by atoms with E-state index in [4.69, 9.17) is 0 Å². The first kappa shape index (κ1) is 16.0. The molecule has 0 radical (unpaired) electrons. The normalized spacial score (nSPS) is 14.9. The van der Waals surface area contributed by atoms with Gasteiger partial charge in [-0.15, -0.1) is 11.3 Å². The number of pyridine rings is 1. The minimum Gasteiger partial charge on any atom is -0.335 e. The number of H-pyrrole nitrogens is 1. The van der Waals surface area contributed by atoms with Crippen molar-refractivity contribution in [2.45, 2.75) is 12.8 Å². The van der Waals surface area contributed by atoms with Crippen molar-refractivity contribution in [3.63, 3.8) is 0 Å². The molecule has 4 rings (SSSR count). The fraction of sp³-hybridized carbons (Fsp3) is 0.316. The summed E-state index contributed by atoms with van der Waals surface area (Å²) in [6.45, 7) is 3.30. The molecule has 6 heteroatoms. The summed E-state index contributed by atoms with van der Waals surface area (Å²) in [5.74, 6) is 1.35. The van der Waals surface area contributed by atoms with Crippen LogP contribution in [0.2, 0.25) is 0 Å². The van der Waals surface area contributed by atoms with Crippen LogP contribution in [0.4, 0.5) is 5.82 Å². The molecule has 128 valence electrons. The lowest BCUT2D eigenvalue weighted by molar-refractivity contribution is -0.364. The van der Waals surface area contributed by atoms with Crippen LogP contribution < -0.4 is 9.88 Å². The molecule has 0 aliphatic carbocycles. The third-order valence-electron chi connectivity index (χ3n) is 4.56. The zero-order valence-corrected chi connectivity index (χ0v) is 14.8. The van der Waals surface area contributed by atoms with E-state index >= 15 is 0 Å². The zero-order valence-electron chi connectivity index (χ0n) is 14.0. The first-order chi connectivity index (χ1) is 12.3. The molecule has 5 nitrogen and oxygen atoms in total. The number of para-hydroxylation sites is 1. The van der Waals surface area contributed by atoms with Crippen molar-refractivity contribution in [3.05, 3.63) is 53.7 Å². The van der Waals surface area contributed by atoms with Gasteiger partial charge in [0.05, 0.1) is 34.5 Å². The highest BCUT2D eigenvalue weighted by atomic mass is 32.1. The van der Waals surface area contributed by atoms with Gasteiger partial charge in [-0.1, -0.05) is 18.2 Å². The number of benzene rings is 1. The van der Waals surface area contributed by atoms with Gasteiger partial charge in [0.15, 0.2) is 0 Å². The van der Waals surface area contributed by atoms with Crippen LogP contribution in [0.5, 0.6) is 0 Å². The van der Waals surface area contributed by atoms with Crippen LogP contribution in [-0.2, 0) is 11.2 Å². The molecule has 2 aromatic heterocycles. The van der Waals surface area contributed by atoms with Crippen molar-refractivity contribution in [1.82, 2.24) is 9.88 Å². The lowest BCUT2D eigenvalue weighted by Crippen LogP contribution is -2.50. The summed E-state index contributed by atoms with van der Waals surface area (Å²) in [6.07, 6.45) is 3.20. The SMILES string of the molecule is O=C(CCc1nc2ccccc2s1)N1CCN(c2cccc[nH+]2)CC1. The summed E-state index contributed by atoms with van der Waals surface area (Å²) in [5.41, 5.74) is 1.03. The maximum Gasteiger partial charge on any atom is 0.274 e. The lowest BCUT2D eigenvalue weighted by atomic mass is 10.2. The lowest BCUT2D eigenvalue weighted by Gasteiger charge is -2.31. The minimum atomic E-state index is 0.232. The third kappa shape index (κ3) is 3.64. The average Bonchev–Trinajstić information content (AvgIpc) is 3.10. The number of nitrogens with one attached hydrogen (secondary N) is 1. The van der Waals surface area contributed by atoms with Crippen LogP contribution in [0.1, 0.15) is 11.4 Å². The summed E-state index contributed by atoms with van der Waals surface area (Å²) in [7, 11) is 0. The number of anilines is 1. The second-order valence-corrected chi connectivity index (χ2v) is 7.31. The van der Waals surface area contributed by atoms with Crippen molar-refractivity contribution in [1.29, 1.82) is 0 Å². The number of aryl methyl sites for hydroxylation is 1. The fourth-order valence-electron chi connectivity index (χ4n) is 3.18. The van der Waals surface area contributed by atoms with Gasteiger partial charge in [-0.25, -0.2) is 9.97 Å². The number of carbonyl (C=O) groups is 1. The number of hydrogen-bond acceptors (Lipinski definition) is 4. The number of amides is 1. The van der Waals surface area contributed by atoms with E-state index in [1.54, 1.807) is 11.3 Å². The van der Waals surface area contributed by atoms with E-state index in [9.17, 15) is 4.79 Å². The van der Waals surface area contributed by atoms with E-state index in [-0.39, 0.29) is 5.91 Å². The Bertz CT molecular complexity index is 823. The Morgan fingerprint density at radius 2 is 1.88 bits per heavy atom. The molecule has 1 aliphatic heterocycles. The highest BCUT2D eigenvalue weighted by Crippen LogP contribution is 2.22. The van der Waals surface area contributed by atoms with Crippen molar-refractivity contribution in [3.8, 4) is 0 Å². The highest BCUT2D eigenvalue weighted by Gasteiger charge is 2.25. The number of rotatable bonds is 4. The van der Waals surface area contributed by atoms with Gasteiger partial charge in [0.1, 0.15) is 13.1 Å².